The van der Waals surface area contributed by atoms with Crippen molar-refractivity contribution in [2.75, 3.05) is 13.2 Å². The van der Waals surface area contributed by atoms with E-state index >= 15 is 0 Å². The lowest BCUT2D eigenvalue weighted by molar-refractivity contribution is 0.0944. The largest absolute Gasteiger partial charge is 0.476 e. The van der Waals surface area contributed by atoms with Crippen molar-refractivity contribution in [1.29, 1.82) is 0 Å². The second-order valence-electron chi connectivity index (χ2n) is 6.85. The van der Waals surface area contributed by atoms with Crippen LogP contribution in [0.3, 0.4) is 0 Å². The predicted molar refractivity (Wildman–Crippen MR) is 111 cm³/mol. The van der Waals surface area contributed by atoms with Gasteiger partial charge >= 0.3 is 5.69 Å². The number of ether oxygens (including phenoxy) is 1. The minimum atomic E-state index is -1.01. The molecule has 0 fully saturated rings. The van der Waals surface area contributed by atoms with Gasteiger partial charge in [0, 0.05) is 12.3 Å². The third kappa shape index (κ3) is 4.56. The number of hydrogen-bond acceptors (Lipinski definition) is 5. The molecule has 0 aliphatic carbocycles. The first-order valence-corrected chi connectivity index (χ1v) is 9.53. The first-order valence-electron chi connectivity index (χ1n) is 9.53. The fourth-order valence-electron chi connectivity index (χ4n) is 3.08. The van der Waals surface area contributed by atoms with Crippen LogP contribution in [-0.2, 0) is 6.54 Å². The van der Waals surface area contributed by atoms with Crippen molar-refractivity contribution in [3.8, 4) is 5.88 Å². The quantitative estimate of drug-likeness (QED) is 0.376. The van der Waals surface area contributed by atoms with Gasteiger partial charge in [-0.25, -0.2) is 18.6 Å². The SMILES string of the molecule is O=C(NCCOc1cc2[nH]c(=O)[nH]c2cn1)c1cccn(Cc2ccc(F)c(F)c2)c1=O. The number of amides is 1. The van der Waals surface area contributed by atoms with Crippen molar-refractivity contribution >= 4 is 16.9 Å². The van der Waals surface area contributed by atoms with Crippen molar-refractivity contribution in [3.63, 3.8) is 0 Å². The Morgan fingerprint density at radius 3 is 2.72 bits per heavy atom. The molecule has 0 aliphatic heterocycles. The first kappa shape index (κ1) is 21.0. The van der Waals surface area contributed by atoms with Gasteiger partial charge in [0.2, 0.25) is 5.88 Å². The lowest BCUT2D eigenvalue weighted by atomic mass is 10.2. The third-order valence-corrected chi connectivity index (χ3v) is 4.61. The number of halogens is 2. The summed E-state index contributed by atoms with van der Waals surface area (Å²) in [5.74, 6) is -2.33. The molecule has 0 atom stereocenters. The highest BCUT2D eigenvalue weighted by atomic mass is 19.2. The van der Waals surface area contributed by atoms with E-state index in [-0.39, 0.29) is 36.8 Å². The summed E-state index contributed by atoms with van der Waals surface area (Å²) in [4.78, 5) is 45.5. The second kappa shape index (κ2) is 8.84. The van der Waals surface area contributed by atoms with Crippen LogP contribution in [0.1, 0.15) is 15.9 Å². The average molecular weight is 441 g/mol. The summed E-state index contributed by atoms with van der Waals surface area (Å²) in [6.07, 6.45) is 2.90. The molecule has 32 heavy (non-hydrogen) atoms. The molecular weight excluding hydrogens is 424 g/mol. The van der Waals surface area contributed by atoms with Crippen LogP contribution in [0.15, 0.2) is 58.4 Å². The Bertz CT molecular complexity index is 1410. The van der Waals surface area contributed by atoms with E-state index in [1.54, 1.807) is 6.07 Å². The number of aromatic amines is 2. The van der Waals surface area contributed by atoms with E-state index in [2.05, 4.69) is 20.3 Å². The minimum Gasteiger partial charge on any atom is -0.476 e. The number of H-pyrrole nitrogens is 2. The van der Waals surface area contributed by atoms with E-state index < -0.39 is 23.1 Å². The predicted octanol–water partition coefficient (Wildman–Crippen LogP) is 1.55. The summed E-state index contributed by atoms with van der Waals surface area (Å²) >= 11 is 0. The zero-order valence-electron chi connectivity index (χ0n) is 16.5. The van der Waals surface area contributed by atoms with Gasteiger partial charge in [-0.3, -0.25) is 9.59 Å². The number of nitrogens with zero attached hydrogens (tertiary/aromatic N) is 2. The van der Waals surface area contributed by atoms with E-state index in [4.69, 9.17) is 4.74 Å². The molecule has 0 radical (unpaired) electrons. The Morgan fingerprint density at radius 2 is 1.91 bits per heavy atom. The highest BCUT2D eigenvalue weighted by molar-refractivity contribution is 5.93. The molecule has 0 spiro atoms. The fourth-order valence-corrected chi connectivity index (χ4v) is 3.08. The first-order chi connectivity index (χ1) is 15.4. The highest BCUT2D eigenvalue weighted by Gasteiger charge is 2.13. The number of imidazole rings is 1. The Kier molecular flexibility index (Phi) is 5.79. The van der Waals surface area contributed by atoms with Crippen LogP contribution in [0.4, 0.5) is 8.78 Å². The van der Waals surface area contributed by atoms with Crippen molar-refractivity contribution < 1.29 is 18.3 Å². The topological polar surface area (TPSA) is 122 Å². The molecule has 3 aromatic heterocycles. The molecule has 1 aromatic carbocycles. The van der Waals surface area contributed by atoms with Gasteiger partial charge in [-0.2, -0.15) is 0 Å². The van der Waals surface area contributed by atoms with E-state index in [0.29, 0.717) is 16.6 Å². The molecule has 3 N–H and O–H groups in total. The lowest BCUT2D eigenvalue weighted by Crippen LogP contribution is -2.34. The monoisotopic (exact) mass is 441 g/mol. The van der Waals surface area contributed by atoms with Gasteiger partial charge in [-0.1, -0.05) is 6.07 Å². The summed E-state index contributed by atoms with van der Waals surface area (Å²) in [6.45, 7) is 0.157. The minimum absolute atomic E-state index is 0.0182. The highest BCUT2D eigenvalue weighted by Crippen LogP contribution is 2.12. The number of rotatable bonds is 7. The standard InChI is InChI=1S/C21H17F2N5O4/c22-14-4-3-12(8-15(14)23)11-28-6-1-2-13(20(28)30)19(29)24-5-7-32-18-9-16-17(10-25-18)27-21(31)26-16/h1-4,6,8-10H,5,7,11H2,(H,24,29)(H2,26,27,31). The van der Waals surface area contributed by atoms with Gasteiger partial charge < -0.3 is 24.6 Å². The lowest BCUT2D eigenvalue weighted by Gasteiger charge is -2.10. The number of hydrogen-bond donors (Lipinski definition) is 3. The van der Waals surface area contributed by atoms with Gasteiger partial charge in [0.05, 0.1) is 30.3 Å². The van der Waals surface area contributed by atoms with Crippen molar-refractivity contribution in [3.05, 3.63) is 92.4 Å². The fraction of sp³-hybridized carbons (Fsp3) is 0.143. The zero-order valence-corrected chi connectivity index (χ0v) is 16.5. The summed E-state index contributed by atoms with van der Waals surface area (Å²) in [6, 6.07) is 7.78. The molecule has 0 saturated heterocycles. The molecule has 164 valence electrons. The molecular formula is C21H17F2N5O4. The normalized spacial score (nSPS) is 10.9. The molecule has 11 heteroatoms. The van der Waals surface area contributed by atoms with Gasteiger partial charge in [0.25, 0.3) is 11.5 Å². The molecule has 0 bridgehead atoms. The maximum atomic E-state index is 13.4. The van der Waals surface area contributed by atoms with Gasteiger partial charge in [-0.05, 0) is 29.8 Å². The molecule has 0 unspecified atom stereocenters. The van der Waals surface area contributed by atoms with E-state index in [1.807, 2.05) is 0 Å². The Labute approximate surface area is 178 Å². The number of benzene rings is 1. The van der Waals surface area contributed by atoms with Gasteiger partial charge in [0.15, 0.2) is 11.6 Å². The molecule has 4 aromatic rings. The van der Waals surface area contributed by atoms with E-state index in [9.17, 15) is 23.2 Å². The summed E-state index contributed by atoms with van der Waals surface area (Å²) < 4.78 is 33.2. The van der Waals surface area contributed by atoms with Crippen LogP contribution >= 0.6 is 0 Å². The summed E-state index contributed by atoms with van der Waals surface area (Å²) in [5, 5.41) is 2.58. The molecule has 4 rings (SSSR count). The molecule has 3 heterocycles. The molecule has 0 aliphatic rings. The second-order valence-corrected chi connectivity index (χ2v) is 6.85. The van der Waals surface area contributed by atoms with Crippen LogP contribution in [-0.4, -0.2) is 38.6 Å². The van der Waals surface area contributed by atoms with E-state index in [0.717, 1.165) is 12.1 Å². The maximum Gasteiger partial charge on any atom is 0.323 e. The van der Waals surface area contributed by atoms with Crippen LogP contribution < -0.4 is 21.3 Å². The van der Waals surface area contributed by atoms with Gasteiger partial charge in [-0.15, -0.1) is 0 Å². The van der Waals surface area contributed by atoms with E-state index in [1.165, 1.54) is 35.2 Å². The number of pyridine rings is 2. The average Bonchev–Trinajstić information content (AvgIpc) is 3.14. The third-order valence-electron chi connectivity index (χ3n) is 4.61. The smallest absolute Gasteiger partial charge is 0.323 e. The molecule has 1 amide bonds. The van der Waals surface area contributed by atoms with Crippen LogP contribution in [0.5, 0.6) is 5.88 Å². The number of nitrogens with one attached hydrogen (secondary N) is 3. The van der Waals surface area contributed by atoms with Crippen LogP contribution in [0.2, 0.25) is 0 Å². The Balaban J connectivity index is 1.36. The van der Waals surface area contributed by atoms with Crippen molar-refractivity contribution in [2.24, 2.45) is 0 Å². The number of carbonyl (C=O) groups is 1. The Morgan fingerprint density at radius 1 is 1.09 bits per heavy atom. The van der Waals surface area contributed by atoms with Crippen molar-refractivity contribution in [2.45, 2.75) is 6.54 Å². The number of fused-ring (bicyclic) bond motifs is 1. The summed E-state index contributed by atoms with van der Waals surface area (Å²) in [5.41, 5.74) is 0.433. The van der Waals surface area contributed by atoms with Gasteiger partial charge in [0.1, 0.15) is 12.2 Å². The summed E-state index contributed by atoms with van der Waals surface area (Å²) in [7, 11) is 0. The number of aromatic nitrogens is 4. The zero-order chi connectivity index (χ0) is 22.7. The van der Waals surface area contributed by atoms with Crippen LogP contribution in [0.25, 0.3) is 11.0 Å². The van der Waals surface area contributed by atoms with Crippen LogP contribution in [0, 0.1) is 11.6 Å². The molecule has 9 nitrogen and oxygen atoms in total. The maximum absolute atomic E-state index is 13.4. The Hall–Kier alpha value is -4.28. The molecule has 0 saturated carbocycles. The number of carbonyl (C=O) groups excluding carboxylic acids is 1. The van der Waals surface area contributed by atoms with Crippen molar-refractivity contribution in [1.82, 2.24) is 24.8 Å².